The molecule has 1 aliphatic heterocycles. The highest BCUT2D eigenvalue weighted by molar-refractivity contribution is 9.10. The van der Waals surface area contributed by atoms with Gasteiger partial charge in [-0.3, -0.25) is 4.79 Å². The van der Waals surface area contributed by atoms with E-state index >= 15 is 0 Å². The van der Waals surface area contributed by atoms with Crippen LogP contribution in [0.25, 0.3) is 10.9 Å². The molecule has 0 fully saturated rings. The van der Waals surface area contributed by atoms with Gasteiger partial charge in [-0.2, -0.15) is 0 Å². The summed E-state index contributed by atoms with van der Waals surface area (Å²) in [6, 6.07) is 10.4. The number of carbonyl (C=O) groups excluding carboxylic acids is 1. The van der Waals surface area contributed by atoms with Crippen LogP contribution in [-0.4, -0.2) is 29.4 Å². The summed E-state index contributed by atoms with van der Waals surface area (Å²) >= 11 is 5.02. The fourth-order valence-electron chi connectivity index (χ4n) is 4.22. The lowest BCUT2D eigenvalue weighted by molar-refractivity contribution is 0.0693. The zero-order valence-electron chi connectivity index (χ0n) is 16.4. The van der Waals surface area contributed by atoms with Crippen LogP contribution in [0.1, 0.15) is 32.5 Å². The zero-order valence-corrected chi connectivity index (χ0v) is 18.8. The number of hydrogen-bond donors (Lipinski definition) is 1. The van der Waals surface area contributed by atoms with Crippen molar-refractivity contribution >= 4 is 44.1 Å². The summed E-state index contributed by atoms with van der Waals surface area (Å²) < 4.78 is 33.9. The van der Waals surface area contributed by atoms with Crippen LogP contribution in [0.15, 0.2) is 52.3 Å². The van der Waals surface area contributed by atoms with E-state index in [4.69, 9.17) is 4.74 Å². The second-order valence-electron chi connectivity index (χ2n) is 7.41. The number of thiophene rings is 1. The van der Waals surface area contributed by atoms with Gasteiger partial charge in [0.15, 0.2) is 0 Å². The fourth-order valence-corrected chi connectivity index (χ4v) is 5.79. The number of halogens is 3. The molecule has 0 saturated heterocycles. The monoisotopic (exact) mass is 502 g/mol. The molecule has 0 unspecified atom stereocenters. The molecular formula is C23H17BrF2N2O2S. The summed E-state index contributed by atoms with van der Waals surface area (Å²) in [4.78, 5) is 19.5. The minimum atomic E-state index is -0.769. The molecule has 0 radical (unpaired) electrons. The number of ether oxygens (including phenoxy) is 1. The van der Waals surface area contributed by atoms with E-state index in [9.17, 15) is 13.6 Å². The molecule has 1 N–H and O–H groups in total. The summed E-state index contributed by atoms with van der Waals surface area (Å²) in [7, 11) is 1.63. The number of aromatic nitrogens is 1. The second kappa shape index (κ2) is 7.76. The van der Waals surface area contributed by atoms with Crippen molar-refractivity contribution in [2.45, 2.75) is 12.5 Å². The van der Waals surface area contributed by atoms with Gasteiger partial charge in [0.25, 0.3) is 5.91 Å². The Bertz CT molecular complexity index is 1300. The lowest BCUT2D eigenvalue weighted by atomic mass is 9.95. The van der Waals surface area contributed by atoms with E-state index in [1.54, 1.807) is 12.0 Å². The van der Waals surface area contributed by atoms with Crippen molar-refractivity contribution in [3.63, 3.8) is 0 Å². The van der Waals surface area contributed by atoms with Crippen LogP contribution < -0.4 is 4.74 Å². The Kier molecular flexibility index (Phi) is 5.06. The van der Waals surface area contributed by atoms with Crippen molar-refractivity contribution in [1.29, 1.82) is 0 Å². The van der Waals surface area contributed by atoms with Crippen molar-refractivity contribution in [3.8, 4) is 5.75 Å². The summed E-state index contributed by atoms with van der Waals surface area (Å²) in [6.45, 7) is 0.425. The van der Waals surface area contributed by atoms with E-state index in [1.165, 1.54) is 11.3 Å². The number of nitrogens with one attached hydrogen (secondary N) is 1. The van der Waals surface area contributed by atoms with Crippen LogP contribution in [0.4, 0.5) is 8.78 Å². The van der Waals surface area contributed by atoms with Gasteiger partial charge >= 0.3 is 0 Å². The van der Waals surface area contributed by atoms with Gasteiger partial charge in [-0.1, -0.05) is 0 Å². The third-order valence-electron chi connectivity index (χ3n) is 5.56. The van der Waals surface area contributed by atoms with Gasteiger partial charge in [0, 0.05) is 49.5 Å². The van der Waals surface area contributed by atoms with Gasteiger partial charge in [0.2, 0.25) is 0 Å². The van der Waals surface area contributed by atoms with Crippen molar-refractivity contribution in [3.05, 3.63) is 85.6 Å². The first-order chi connectivity index (χ1) is 14.9. The largest absolute Gasteiger partial charge is 0.497 e. The Labute approximate surface area is 189 Å². The van der Waals surface area contributed by atoms with Crippen LogP contribution in [0.3, 0.4) is 0 Å². The Morgan fingerprint density at radius 2 is 1.97 bits per heavy atom. The van der Waals surface area contributed by atoms with Gasteiger partial charge in [-0.15, -0.1) is 11.3 Å². The number of fused-ring (bicyclic) bond motifs is 3. The minimum absolute atomic E-state index is 0.000600. The molecule has 2 aromatic heterocycles. The molecule has 4 nitrogen and oxygen atoms in total. The molecule has 158 valence electrons. The van der Waals surface area contributed by atoms with Gasteiger partial charge in [0.05, 0.1) is 7.11 Å². The number of hydrogen-bond acceptors (Lipinski definition) is 3. The van der Waals surface area contributed by atoms with Crippen LogP contribution in [-0.2, 0) is 6.42 Å². The molecule has 0 saturated carbocycles. The average molecular weight is 503 g/mol. The number of nitrogens with zero attached hydrogens (tertiary/aromatic N) is 1. The standard InChI is InChI=1S/C23H17BrF2N2O2S/c1-30-16-2-3-19-18(10-16)17-4-5-28(23(29)12-6-14(25)9-15(26)7-12)22(21(17)27-19)20-8-13(24)11-31-20/h2-3,6-11,22,27H,4-5H2,1H3/t22-/m1/s1. The molecule has 1 aliphatic rings. The Morgan fingerprint density at radius 3 is 2.65 bits per heavy atom. The molecule has 0 spiro atoms. The summed E-state index contributed by atoms with van der Waals surface area (Å²) in [6.07, 6.45) is 0.620. The van der Waals surface area contributed by atoms with Crippen LogP contribution in [0.5, 0.6) is 5.75 Å². The van der Waals surface area contributed by atoms with Crippen molar-refractivity contribution in [2.24, 2.45) is 0 Å². The number of aromatic amines is 1. The normalized spacial score (nSPS) is 15.9. The van der Waals surface area contributed by atoms with Gasteiger partial charge in [-0.05, 0) is 64.3 Å². The topological polar surface area (TPSA) is 45.3 Å². The first kappa shape index (κ1) is 20.2. The highest BCUT2D eigenvalue weighted by atomic mass is 79.9. The third-order valence-corrected chi connectivity index (χ3v) is 7.31. The Morgan fingerprint density at radius 1 is 1.19 bits per heavy atom. The number of rotatable bonds is 3. The highest BCUT2D eigenvalue weighted by Gasteiger charge is 2.36. The maximum atomic E-state index is 13.8. The molecular weight excluding hydrogens is 486 g/mol. The summed E-state index contributed by atoms with van der Waals surface area (Å²) in [5.41, 5.74) is 2.99. The molecule has 4 aromatic rings. The smallest absolute Gasteiger partial charge is 0.254 e. The van der Waals surface area contributed by atoms with E-state index in [-0.39, 0.29) is 5.56 Å². The van der Waals surface area contributed by atoms with Crippen LogP contribution in [0.2, 0.25) is 0 Å². The third kappa shape index (κ3) is 3.53. The van der Waals surface area contributed by atoms with Crippen LogP contribution in [0, 0.1) is 11.6 Å². The van der Waals surface area contributed by atoms with E-state index in [0.29, 0.717) is 13.0 Å². The van der Waals surface area contributed by atoms with E-state index in [0.717, 1.165) is 55.5 Å². The SMILES string of the molecule is COc1ccc2[nH]c3c(c2c1)CCN(C(=O)c1cc(F)cc(F)c1)[C@@H]3c1cc(Br)cs1. The Balaban J connectivity index is 1.66. The molecule has 1 atom stereocenters. The number of H-pyrrole nitrogens is 1. The molecule has 31 heavy (non-hydrogen) atoms. The number of methoxy groups -OCH3 is 1. The maximum absolute atomic E-state index is 13.8. The van der Waals surface area contributed by atoms with Crippen molar-refractivity contribution in [2.75, 3.05) is 13.7 Å². The predicted octanol–water partition coefficient (Wildman–Crippen LogP) is 6.07. The number of amides is 1. The molecule has 2 aromatic carbocycles. The first-order valence-corrected chi connectivity index (χ1v) is 11.3. The quantitative estimate of drug-likeness (QED) is 0.369. The fraction of sp³-hybridized carbons (Fsp3) is 0.174. The van der Waals surface area contributed by atoms with Gasteiger partial charge in [-0.25, -0.2) is 8.78 Å². The van der Waals surface area contributed by atoms with E-state index in [1.807, 2.05) is 29.6 Å². The number of carbonyl (C=O) groups is 1. The van der Waals surface area contributed by atoms with E-state index < -0.39 is 23.6 Å². The Hall–Kier alpha value is -2.71. The highest BCUT2D eigenvalue weighted by Crippen LogP contribution is 2.42. The predicted molar refractivity (Wildman–Crippen MR) is 120 cm³/mol. The molecule has 0 bridgehead atoms. The lowest BCUT2D eigenvalue weighted by Crippen LogP contribution is -2.40. The zero-order chi connectivity index (χ0) is 21.7. The lowest BCUT2D eigenvalue weighted by Gasteiger charge is -2.35. The van der Waals surface area contributed by atoms with Gasteiger partial charge < -0.3 is 14.6 Å². The van der Waals surface area contributed by atoms with Gasteiger partial charge in [0.1, 0.15) is 23.4 Å². The van der Waals surface area contributed by atoms with Crippen LogP contribution >= 0.6 is 27.3 Å². The van der Waals surface area contributed by atoms with Crippen molar-refractivity contribution in [1.82, 2.24) is 9.88 Å². The molecule has 1 amide bonds. The average Bonchev–Trinajstić information content (AvgIpc) is 3.34. The molecule has 3 heterocycles. The van der Waals surface area contributed by atoms with E-state index in [2.05, 4.69) is 20.9 Å². The summed E-state index contributed by atoms with van der Waals surface area (Å²) in [5, 5.41) is 3.01. The summed E-state index contributed by atoms with van der Waals surface area (Å²) in [5.74, 6) is -1.18. The van der Waals surface area contributed by atoms with Crippen molar-refractivity contribution < 1.29 is 18.3 Å². The molecule has 8 heteroatoms. The minimum Gasteiger partial charge on any atom is -0.497 e. The second-order valence-corrected chi connectivity index (χ2v) is 9.26. The molecule has 5 rings (SSSR count). The maximum Gasteiger partial charge on any atom is 0.254 e. The number of benzene rings is 2. The first-order valence-electron chi connectivity index (χ1n) is 9.64. The molecule has 0 aliphatic carbocycles.